The number of carbonyl (C=O) groups excluding carboxylic acids is 1. The minimum Gasteiger partial charge on any atom is -0.478 e. The highest BCUT2D eigenvalue weighted by molar-refractivity contribution is 5.99. The van der Waals surface area contributed by atoms with E-state index >= 15 is 0 Å². The van der Waals surface area contributed by atoms with Gasteiger partial charge in [-0.1, -0.05) is 6.08 Å². The molecule has 1 amide bonds. The molecule has 0 radical (unpaired) electrons. The fourth-order valence-corrected chi connectivity index (χ4v) is 1.68. The number of carboxylic acids is 1. The van der Waals surface area contributed by atoms with Crippen molar-refractivity contribution in [3.8, 4) is 0 Å². The lowest BCUT2D eigenvalue weighted by Gasteiger charge is -2.05. The number of fused-ring (bicyclic) bond motifs is 1. The maximum Gasteiger partial charge on any atom is 0.328 e. The average molecular weight is 232 g/mol. The molecular weight excluding hydrogens is 220 g/mol. The maximum atomic E-state index is 11.1. The van der Waals surface area contributed by atoms with Crippen LogP contribution in [0.5, 0.6) is 0 Å². The van der Waals surface area contributed by atoms with Crippen molar-refractivity contribution in [1.82, 2.24) is 0 Å². The van der Waals surface area contributed by atoms with Gasteiger partial charge in [0.2, 0.25) is 5.91 Å². The van der Waals surface area contributed by atoms with Gasteiger partial charge in [0.05, 0.1) is 6.42 Å². The normalized spacial score (nSPS) is 13.5. The summed E-state index contributed by atoms with van der Waals surface area (Å²) >= 11 is 0. The Labute approximate surface area is 98.1 Å². The molecule has 1 aliphatic heterocycles. The molecule has 0 spiro atoms. The van der Waals surface area contributed by atoms with Gasteiger partial charge in [0.25, 0.3) is 0 Å². The second kappa shape index (κ2) is 4.69. The molecule has 88 valence electrons. The molecule has 0 atom stereocenters. The standard InChI is InChI=1S/C12H12N2O3/c15-11-7-8-6-9(3-4-10(8)14-11)13-5-1-2-12(16)17/h1-4,6,13H,5,7H2,(H,14,15)(H,16,17)/b2-1+. The summed E-state index contributed by atoms with van der Waals surface area (Å²) in [5.74, 6) is -0.960. The van der Waals surface area contributed by atoms with Gasteiger partial charge >= 0.3 is 5.97 Å². The van der Waals surface area contributed by atoms with E-state index in [1.807, 2.05) is 18.2 Å². The first-order chi connectivity index (χ1) is 8.15. The molecule has 17 heavy (non-hydrogen) atoms. The molecule has 5 heteroatoms. The smallest absolute Gasteiger partial charge is 0.328 e. The van der Waals surface area contributed by atoms with Gasteiger partial charge in [-0.3, -0.25) is 4.79 Å². The number of carbonyl (C=O) groups is 2. The van der Waals surface area contributed by atoms with Crippen LogP contribution < -0.4 is 10.6 Å². The molecule has 1 heterocycles. The van der Waals surface area contributed by atoms with Crippen molar-refractivity contribution in [3.63, 3.8) is 0 Å². The summed E-state index contributed by atoms with van der Waals surface area (Å²) in [4.78, 5) is 21.4. The lowest BCUT2D eigenvalue weighted by atomic mass is 10.1. The van der Waals surface area contributed by atoms with E-state index in [-0.39, 0.29) is 5.91 Å². The number of carboxylic acid groups (broad SMARTS) is 1. The minimum atomic E-state index is -0.962. The van der Waals surface area contributed by atoms with Gasteiger partial charge in [0.1, 0.15) is 0 Å². The van der Waals surface area contributed by atoms with E-state index in [0.717, 1.165) is 23.0 Å². The highest BCUT2D eigenvalue weighted by Crippen LogP contribution is 2.25. The second-order valence-electron chi connectivity index (χ2n) is 3.72. The number of rotatable bonds is 4. The van der Waals surface area contributed by atoms with E-state index < -0.39 is 5.97 Å². The number of nitrogens with one attached hydrogen (secondary N) is 2. The minimum absolute atomic E-state index is 0.00271. The predicted octanol–water partition coefficient (Wildman–Crippen LogP) is 1.23. The van der Waals surface area contributed by atoms with E-state index in [4.69, 9.17) is 5.11 Å². The molecule has 1 aromatic rings. The Morgan fingerprint density at radius 3 is 3.12 bits per heavy atom. The Morgan fingerprint density at radius 1 is 1.53 bits per heavy atom. The molecule has 3 N–H and O–H groups in total. The van der Waals surface area contributed by atoms with Crippen molar-refractivity contribution >= 4 is 23.3 Å². The summed E-state index contributed by atoms with van der Waals surface area (Å²) in [6.45, 7) is 0.437. The fourth-order valence-electron chi connectivity index (χ4n) is 1.68. The summed E-state index contributed by atoms with van der Waals surface area (Å²) in [6.07, 6.45) is 3.01. The molecule has 2 rings (SSSR count). The van der Waals surface area contributed by atoms with E-state index in [9.17, 15) is 9.59 Å². The molecule has 0 aromatic heterocycles. The third kappa shape index (κ3) is 2.84. The molecule has 0 bridgehead atoms. The van der Waals surface area contributed by atoms with E-state index in [2.05, 4.69) is 10.6 Å². The summed E-state index contributed by atoms with van der Waals surface area (Å²) in [6, 6.07) is 5.57. The van der Waals surface area contributed by atoms with Gasteiger partial charge in [-0.05, 0) is 23.8 Å². The van der Waals surface area contributed by atoms with Gasteiger partial charge in [-0.2, -0.15) is 0 Å². The van der Waals surface area contributed by atoms with Crippen LogP contribution in [0.4, 0.5) is 11.4 Å². The van der Waals surface area contributed by atoms with Gasteiger partial charge in [0, 0.05) is 24.0 Å². The highest BCUT2D eigenvalue weighted by atomic mass is 16.4. The molecule has 0 saturated carbocycles. The van der Waals surface area contributed by atoms with Crippen LogP contribution in [-0.2, 0) is 16.0 Å². The molecular formula is C12H12N2O3. The van der Waals surface area contributed by atoms with Gasteiger partial charge in [-0.15, -0.1) is 0 Å². The Bertz CT molecular complexity index is 495. The van der Waals surface area contributed by atoms with Gasteiger partial charge in [0.15, 0.2) is 0 Å². The summed E-state index contributed by atoms with van der Waals surface area (Å²) in [7, 11) is 0. The number of amides is 1. The second-order valence-corrected chi connectivity index (χ2v) is 3.72. The number of benzene rings is 1. The first-order valence-corrected chi connectivity index (χ1v) is 5.21. The van der Waals surface area contributed by atoms with E-state index in [1.54, 1.807) is 0 Å². The first-order valence-electron chi connectivity index (χ1n) is 5.21. The molecule has 1 aromatic carbocycles. The molecule has 0 saturated heterocycles. The van der Waals surface area contributed by atoms with Crippen molar-refractivity contribution in [1.29, 1.82) is 0 Å². The average Bonchev–Trinajstić information content (AvgIpc) is 2.63. The monoisotopic (exact) mass is 232 g/mol. The van der Waals surface area contributed by atoms with Crippen molar-refractivity contribution < 1.29 is 14.7 Å². The van der Waals surface area contributed by atoms with Crippen LogP contribution in [0.2, 0.25) is 0 Å². The van der Waals surface area contributed by atoms with Crippen LogP contribution >= 0.6 is 0 Å². The van der Waals surface area contributed by atoms with Crippen molar-refractivity contribution in [2.45, 2.75) is 6.42 Å². The van der Waals surface area contributed by atoms with Crippen molar-refractivity contribution in [2.24, 2.45) is 0 Å². The lowest BCUT2D eigenvalue weighted by molar-refractivity contribution is -0.131. The first kappa shape index (κ1) is 11.2. The zero-order valence-electron chi connectivity index (χ0n) is 9.06. The molecule has 0 aliphatic carbocycles. The quantitative estimate of drug-likeness (QED) is 0.682. The Kier molecular flexibility index (Phi) is 3.09. The van der Waals surface area contributed by atoms with Crippen molar-refractivity contribution in [2.75, 3.05) is 17.2 Å². The Morgan fingerprint density at radius 2 is 2.35 bits per heavy atom. The number of hydrogen-bond acceptors (Lipinski definition) is 3. The van der Waals surface area contributed by atoms with E-state index in [0.29, 0.717) is 13.0 Å². The maximum absolute atomic E-state index is 11.1. The highest BCUT2D eigenvalue weighted by Gasteiger charge is 2.16. The largest absolute Gasteiger partial charge is 0.478 e. The number of anilines is 2. The van der Waals surface area contributed by atoms with Crippen LogP contribution in [-0.4, -0.2) is 23.5 Å². The third-order valence-electron chi connectivity index (χ3n) is 2.41. The van der Waals surface area contributed by atoms with Crippen LogP contribution in [0, 0.1) is 0 Å². The van der Waals surface area contributed by atoms with Gasteiger partial charge in [-0.25, -0.2) is 4.79 Å². The molecule has 0 unspecified atom stereocenters. The third-order valence-corrected chi connectivity index (χ3v) is 2.41. The topological polar surface area (TPSA) is 78.4 Å². The van der Waals surface area contributed by atoms with Crippen LogP contribution in [0.15, 0.2) is 30.4 Å². The summed E-state index contributed by atoms with van der Waals surface area (Å²) in [5.41, 5.74) is 2.68. The zero-order valence-corrected chi connectivity index (χ0v) is 9.06. The summed E-state index contributed by atoms with van der Waals surface area (Å²) < 4.78 is 0. The van der Waals surface area contributed by atoms with Crippen LogP contribution in [0.25, 0.3) is 0 Å². The fraction of sp³-hybridized carbons (Fsp3) is 0.167. The Hall–Kier alpha value is -2.30. The predicted molar refractivity (Wildman–Crippen MR) is 64.0 cm³/mol. The van der Waals surface area contributed by atoms with Crippen LogP contribution in [0.1, 0.15) is 5.56 Å². The number of aliphatic carboxylic acids is 1. The SMILES string of the molecule is O=C(O)/C=C/CNc1ccc2c(c1)CC(=O)N2. The van der Waals surface area contributed by atoms with Crippen molar-refractivity contribution in [3.05, 3.63) is 35.9 Å². The molecule has 0 fully saturated rings. The lowest BCUT2D eigenvalue weighted by Crippen LogP contribution is -2.03. The zero-order chi connectivity index (χ0) is 12.3. The van der Waals surface area contributed by atoms with E-state index in [1.165, 1.54) is 6.08 Å². The van der Waals surface area contributed by atoms with Crippen LogP contribution in [0.3, 0.4) is 0 Å². The molecule has 5 nitrogen and oxygen atoms in total. The van der Waals surface area contributed by atoms with Gasteiger partial charge < -0.3 is 15.7 Å². The number of hydrogen-bond donors (Lipinski definition) is 3. The molecule has 1 aliphatic rings. The summed E-state index contributed by atoms with van der Waals surface area (Å²) in [5, 5.41) is 14.2. The Balaban J connectivity index is 1.97.